The summed E-state index contributed by atoms with van der Waals surface area (Å²) in [5.41, 5.74) is 2.12. The second kappa shape index (κ2) is 7.51. The highest BCUT2D eigenvalue weighted by atomic mass is 16.5. The maximum absolute atomic E-state index is 7.49. The molecule has 2 aromatic carbocycles. The van der Waals surface area contributed by atoms with Crippen LogP contribution in [-0.4, -0.2) is 24.4 Å². The molecule has 0 saturated carbocycles. The molecule has 0 atom stereocenters. The molecule has 0 bridgehead atoms. The molecule has 116 valence electrons. The third-order valence-corrected chi connectivity index (χ3v) is 3.69. The largest absolute Gasteiger partial charge is 0.492 e. The van der Waals surface area contributed by atoms with E-state index in [0.717, 1.165) is 35.2 Å². The zero-order chi connectivity index (χ0) is 15.9. The number of ether oxygens (including phenoxy) is 1. The van der Waals surface area contributed by atoms with Crippen molar-refractivity contribution in [3.05, 3.63) is 72.1 Å². The van der Waals surface area contributed by atoms with E-state index in [0.29, 0.717) is 6.61 Å². The Bertz CT molecular complexity index is 787. The lowest BCUT2D eigenvalue weighted by Gasteiger charge is -2.11. The average Bonchev–Trinajstić information content (AvgIpc) is 2.62. The van der Waals surface area contributed by atoms with E-state index in [2.05, 4.69) is 10.3 Å². The zero-order valence-electron chi connectivity index (χ0n) is 12.8. The van der Waals surface area contributed by atoms with Crippen molar-refractivity contribution in [1.82, 2.24) is 10.3 Å². The number of benzene rings is 2. The van der Waals surface area contributed by atoms with Gasteiger partial charge in [0.05, 0.1) is 0 Å². The van der Waals surface area contributed by atoms with Crippen LogP contribution in [0.5, 0.6) is 5.75 Å². The Morgan fingerprint density at radius 2 is 1.78 bits per heavy atom. The third kappa shape index (κ3) is 3.73. The minimum atomic E-state index is 0.596. The van der Waals surface area contributed by atoms with Crippen molar-refractivity contribution < 1.29 is 4.74 Å². The van der Waals surface area contributed by atoms with Crippen LogP contribution < -0.4 is 10.1 Å². The van der Waals surface area contributed by atoms with Gasteiger partial charge >= 0.3 is 0 Å². The lowest BCUT2D eigenvalue weighted by molar-refractivity contribution is 0.317. The fourth-order valence-electron chi connectivity index (χ4n) is 2.51. The monoisotopic (exact) mass is 305 g/mol. The van der Waals surface area contributed by atoms with Gasteiger partial charge in [-0.15, -0.1) is 0 Å². The van der Waals surface area contributed by atoms with Gasteiger partial charge in [0.1, 0.15) is 12.4 Å². The van der Waals surface area contributed by atoms with Crippen LogP contribution >= 0.6 is 0 Å². The summed E-state index contributed by atoms with van der Waals surface area (Å²) in [6, 6.07) is 15.9. The first-order valence-corrected chi connectivity index (χ1v) is 7.63. The molecular weight excluding hydrogens is 286 g/mol. The summed E-state index contributed by atoms with van der Waals surface area (Å²) >= 11 is 0. The Morgan fingerprint density at radius 1 is 1.00 bits per heavy atom. The molecule has 0 aliphatic carbocycles. The lowest BCUT2D eigenvalue weighted by atomic mass is 10.0. The van der Waals surface area contributed by atoms with E-state index in [9.17, 15) is 0 Å². The second-order valence-corrected chi connectivity index (χ2v) is 5.22. The molecule has 2 N–H and O–H groups in total. The summed E-state index contributed by atoms with van der Waals surface area (Å²) in [5.74, 6) is 0.858. The van der Waals surface area contributed by atoms with Crippen LogP contribution in [0.15, 0.2) is 60.9 Å². The highest BCUT2D eigenvalue weighted by Gasteiger charge is 2.05. The number of rotatable bonds is 7. The van der Waals surface area contributed by atoms with E-state index in [-0.39, 0.29) is 0 Å². The van der Waals surface area contributed by atoms with Crippen LogP contribution in [0.1, 0.15) is 11.1 Å². The van der Waals surface area contributed by atoms with Crippen LogP contribution in [0, 0.1) is 5.41 Å². The van der Waals surface area contributed by atoms with Gasteiger partial charge in [-0.05, 0) is 35.2 Å². The Balaban J connectivity index is 1.58. The number of hydrogen-bond acceptors (Lipinski definition) is 4. The highest BCUT2D eigenvalue weighted by Crippen LogP contribution is 2.27. The van der Waals surface area contributed by atoms with E-state index in [1.165, 1.54) is 11.8 Å². The fraction of sp³-hybridized carbons (Fsp3) is 0.158. The smallest absolute Gasteiger partial charge is 0.127 e. The Kier molecular flexibility index (Phi) is 4.96. The normalized spacial score (nSPS) is 10.6. The standard InChI is InChI=1S/C19H19N3O/c20-13-16-5-6-19(18-4-2-1-3-17(16)18)23-12-11-22-14-15-7-9-21-10-8-15/h1-10,13,20,22H,11-12,14H2. The number of nitrogens with one attached hydrogen (secondary N) is 2. The summed E-state index contributed by atoms with van der Waals surface area (Å²) in [7, 11) is 0. The van der Waals surface area contributed by atoms with Gasteiger partial charge < -0.3 is 15.5 Å². The highest BCUT2D eigenvalue weighted by molar-refractivity contribution is 6.01. The fourth-order valence-corrected chi connectivity index (χ4v) is 2.51. The zero-order valence-corrected chi connectivity index (χ0v) is 12.8. The van der Waals surface area contributed by atoms with Crippen LogP contribution in [0.4, 0.5) is 0 Å². The summed E-state index contributed by atoms with van der Waals surface area (Å²) in [5, 5.41) is 12.9. The maximum Gasteiger partial charge on any atom is 0.127 e. The summed E-state index contributed by atoms with van der Waals surface area (Å²) < 4.78 is 5.91. The third-order valence-electron chi connectivity index (χ3n) is 3.69. The minimum Gasteiger partial charge on any atom is -0.492 e. The van der Waals surface area contributed by atoms with Gasteiger partial charge in [0, 0.05) is 42.6 Å². The molecule has 0 amide bonds. The molecule has 0 aliphatic heterocycles. The topological polar surface area (TPSA) is 58.0 Å². The van der Waals surface area contributed by atoms with Crippen molar-refractivity contribution in [1.29, 1.82) is 5.41 Å². The van der Waals surface area contributed by atoms with E-state index >= 15 is 0 Å². The van der Waals surface area contributed by atoms with Crippen LogP contribution in [-0.2, 0) is 6.54 Å². The molecule has 0 fully saturated rings. The van der Waals surface area contributed by atoms with Gasteiger partial charge in [-0.1, -0.05) is 24.3 Å². The van der Waals surface area contributed by atoms with Crippen LogP contribution in [0.3, 0.4) is 0 Å². The van der Waals surface area contributed by atoms with Crippen molar-refractivity contribution in [2.45, 2.75) is 6.54 Å². The first kappa shape index (κ1) is 15.2. The number of aromatic nitrogens is 1. The molecule has 0 unspecified atom stereocenters. The summed E-state index contributed by atoms with van der Waals surface area (Å²) in [6.45, 7) is 2.17. The molecule has 0 spiro atoms. The molecule has 23 heavy (non-hydrogen) atoms. The van der Waals surface area contributed by atoms with Crippen molar-refractivity contribution >= 4 is 17.0 Å². The predicted molar refractivity (Wildman–Crippen MR) is 93.3 cm³/mol. The molecule has 3 rings (SSSR count). The van der Waals surface area contributed by atoms with E-state index in [4.69, 9.17) is 10.1 Å². The molecule has 1 heterocycles. The van der Waals surface area contributed by atoms with Crippen molar-refractivity contribution in [3.63, 3.8) is 0 Å². The van der Waals surface area contributed by atoms with Gasteiger partial charge in [-0.2, -0.15) is 0 Å². The van der Waals surface area contributed by atoms with Crippen molar-refractivity contribution in [3.8, 4) is 5.75 Å². The number of hydrogen-bond donors (Lipinski definition) is 2. The molecule has 4 nitrogen and oxygen atoms in total. The summed E-state index contributed by atoms with van der Waals surface area (Å²) in [4.78, 5) is 4.00. The Labute approximate surface area is 135 Å². The Morgan fingerprint density at radius 3 is 2.57 bits per heavy atom. The Hall–Kier alpha value is -2.72. The average molecular weight is 305 g/mol. The number of nitrogens with zero attached hydrogens (tertiary/aromatic N) is 1. The van der Waals surface area contributed by atoms with Gasteiger partial charge in [-0.3, -0.25) is 4.98 Å². The van der Waals surface area contributed by atoms with Crippen LogP contribution in [0.25, 0.3) is 10.8 Å². The van der Waals surface area contributed by atoms with E-state index < -0.39 is 0 Å². The molecule has 0 saturated heterocycles. The maximum atomic E-state index is 7.49. The molecule has 1 aromatic heterocycles. The van der Waals surface area contributed by atoms with Gasteiger partial charge in [0.15, 0.2) is 0 Å². The SMILES string of the molecule is N=Cc1ccc(OCCNCc2ccncc2)c2ccccc12. The van der Waals surface area contributed by atoms with Gasteiger partial charge in [0.2, 0.25) is 0 Å². The van der Waals surface area contributed by atoms with E-state index in [1.807, 2.05) is 48.5 Å². The number of fused-ring (bicyclic) bond motifs is 1. The van der Waals surface area contributed by atoms with Crippen LogP contribution in [0.2, 0.25) is 0 Å². The molecule has 4 heteroatoms. The molecule has 0 aliphatic rings. The molecular formula is C19H19N3O. The number of pyridine rings is 1. The predicted octanol–water partition coefficient (Wildman–Crippen LogP) is 3.40. The van der Waals surface area contributed by atoms with Crippen molar-refractivity contribution in [2.24, 2.45) is 0 Å². The quantitative estimate of drug-likeness (QED) is 0.519. The first-order valence-electron chi connectivity index (χ1n) is 7.63. The summed E-state index contributed by atoms with van der Waals surface area (Å²) in [6.07, 6.45) is 4.97. The van der Waals surface area contributed by atoms with Gasteiger partial charge in [0.25, 0.3) is 0 Å². The van der Waals surface area contributed by atoms with Gasteiger partial charge in [-0.25, -0.2) is 0 Å². The van der Waals surface area contributed by atoms with E-state index in [1.54, 1.807) is 12.4 Å². The first-order chi connectivity index (χ1) is 11.4. The molecule has 0 radical (unpaired) electrons. The van der Waals surface area contributed by atoms with Crippen molar-refractivity contribution in [2.75, 3.05) is 13.2 Å². The second-order valence-electron chi connectivity index (χ2n) is 5.22. The molecule has 3 aromatic rings. The minimum absolute atomic E-state index is 0.596. The lowest BCUT2D eigenvalue weighted by Crippen LogP contribution is -2.20.